The SMILES string of the molecule is Clc1ccc(Nc2nc3c(nc4cnccn43)c3ccncc23)cc1. The molecule has 25 heavy (non-hydrogen) atoms. The zero-order valence-corrected chi connectivity index (χ0v) is 13.6. The van der Waals surface area contributed by atoms with Gasteiger partial charge in [-0.15, -0.1) is 0 Å². The summed E-state index contributed by atoms with van der Waals surface area (Å²) in [6.07, 6.45) is 8.86. The maximum absolute atomic E-state index is 5.97. The van der Waals surface area contributed by atoms with Crippen LogP contribution in [0.25, 0.3) is 27.6 Å². The van der Waals surface area contributed by atoms with E-state index in [1.54, 1.807) is 24.8 Å². The summed E-state index contributed by atoms with van der Waals surface area (Å²) in [4.78, 5) is 17.8. The standard InChI is InChI=1S/C18H11ClN6/c19-11-1-3-12(4-2-11)22-17-14-9-20-6-5-13(14)16-18(24-17)25-8-7-21-10-15(25)23-16/h1-10H,(H,22,24). The van der Waals surface area contributed by atoms with Crippen molar-refractivity contribution in [1.29, 1.82) is 0 Å². The summed E-state index contributed by atoms with van der Waals surface area (Å²) in [6, 6.07) is 9.45. The minimum atomic E-state index is 0.690. The van der Waals surface area contributed by atoms with Crippen LogP contribution in [0.4, 0.5) is 11.5 Å². The molecular weight excluding hydrogens is 336 g/mol. The maximum atomic E-state index is 5.97. The lowest BCUT2D eigenvalue weighted by atomic mass is 10.2. The Balaban J connectivity index is 1.81. The fraction of sp³-hybridized carbons (Fsp3) is 0. The third-order valence-corrected chi connectivity index (χ3v) is 4.31. The highest BCUT2D eigenvalue weighted by atomic mass is 35.5. The first kappa shape index (κ1) is 14.1. The van der Waals surface area contributed by atoms with Crippen LogP contribution in [0.15, 0.2) is 61.3 Å². The van der Waals surface area contributed by atoms with Crippen molar-refractivity contribution in [3.8, 4) is 0 Å². The summed E-state index contributed by atoms with van der Waals surface area (Å²) in [6.45, 7) is 0. The molecule has 1 N–H and O–H groups in total. The largest absolute Gasteiger partial charge is 0.340 e. The normalized spacial score (nSPS) is 11.4. The first-order valence-electron chi connectivity index (χ1n) is 7.68. The second-order valence-electron chi connectivity index (χ2n) is 5.60. The predicted octanol–water partition coefficient (Wildman–Crippen LogP) is 4.22. The van der Waals surface area contributed by atoms with Crippen LogP contribution >= 0.6 is 11.6 Å². The van der Waals surface area contributed by atoms with Gasteiger partial charge in [0.2, 0.25) is 0 Å². The molecule has 0 aliphatic carbocycles. The minimum Gasteiger partial charge on any atom is -0.340 e. The van der Waals surface area contributed by atoms with Crippen LogP contribution in [0.1, 0.15) is 0 Å². The third kappa shape index (κ3) is 2.27. The summed E-state index contributed by atoms with van der Waals surface area (Å²) >= 11 is 5.97. The predicted molar refractivity (Wildman–Crippen MR) is 98.3 cm³/mol. The van der Waals surface area contributed by atoms with E-state index in [1.165, 1.54) is 0 Å². The Morgan fingerprint density at radius 1 is 0.880 bits per heavy atom. The van der Waals surface area contributed by atoms with Crippen molar-refractivity contribution in [2.75, 3.05) is 5.32 Å². The summed E-state index contributed by atoms with van der Waals surface area (Å²) in [7, 11) is 0. The van der Waals surface area contributed by atoms with Crippen LogP contribution in [0.5, 0.6) is 0 Å². The second kappa shape index (κ2) is 5.39. The molecule has 0 fully saturated rings. The monoisotopic (exact) mass is 346 g/mol. The van der Waals surface area contributed by atoms with Gasteiger partial charge in [-0.3, -0.25) is 14.4 Å². The number of benzene rings is 1. The van der Waals surface area contributed by atoms with Gasteiger partial charge in [0.15, 0.2) is 11.3 Å². The molecule has 6 nitrogen and oxygen atoms in total. The van der Waals surface area contributed by atoms with Crippen molar-refractivity contribution in [3.05, 3.63) is 66.3 Å². The molecule has 0 spiro atoms. The van der Waals surface area contributed by atoms with E-state index in [-0.39, 0.29) is 0 Å². The molecule has 4 heterocycles. The van der Waals surface area contributed by atoms with Gasteiger partial charge in [-0.1, -0.05) is 11.6 Å². The van der Waals surface area contributed by atoms with Crippen LogP contribution in [-0.2, 0) is 0 Å². The summed E-state index contributed by atoms with van der Waals surface area (Å²) in [5.74, 6) is 0.719. The van der Waals surface area contributed by atoms with Gasteiger partial charge in [-0.05, 0) is 30.3 Å². The van der Waals surface area contributed by atoms with Crippen LogP contribution in [0.2, 0.25) is 5.02 Å². The van der Waals surface area contributed by atoms with Gasteiger partial charge >= 0.3 is 0 Å². The van der Waals surface area contributed by atoms with E-state index < -0.39 is 0 Å². The number of halogens is 1. The number of anilines is 2. The molecule has 0 aliphatic rings. The molecule has 5 rings (SSSR count). The molecule has 0 amide bonds. The molecule has 1 aromatic carbocycles. The summed E-state index contributed by atoms with van der Waals surface area (Å²) in [5, 5.41) is 5.93. The highest BCUT2D eigenvalue weighted by molar-refractivity contribution is 6.30. The third-order valence-electron chi connectivity index (χ3n) is 4.06. The summed E-state index contributed by atoms with van der Waals surface area (Å²) in [5.41, 5.74) is 3.25. The fourth-order valence-corrected chi connectivity index (χ4v) is 3.03. The van der Waals surface area contributed by atoms with Crippen molar-refractivity contribution in [2.24, 2.45) is 0 Å². The number of imidazole rings is 1. The van der Waals surface area contributed by atoms with Crippen molar-refractivity contribution >= 4 is 50.7 Å². The van der Waals surface area contributed by atoms with Gasteiger partial charge in [0.05, 0.1) is 6.20 Å². The van der Waals surface area contributed by atoms with Gasteiger partial charge in [0, 0.05) is 46.3 Å². The topological polar surface area (TPSA) is 68.0 Å². The molecule has 0 radical (unpaired) electrons. The smallest absolute Gasteiger partial charge is 0.167 e. The van der Waals surface area contributed by atoms with Crippen LogP contribution in [0.3, 0.4) is 0 Å². The van der Waals surface area contributed by atoms with Crippen molar-refractivity contribution in [2.45, 2.75) is 0 Å². The van der Waals surface area contributed by atoms with Gasteiger partial charge in [0.25, 0.3) is 0 Å². The highest BCUT2D eigenvalue weighted by Gasteiger charge is 2.14. The van der Waals surface area contributed by atoms with E-state index >= 15 is 0 Å². The molecule has 0 unspecified atom stereocenters. The Morgan fingerprint density at radius 3 is 2.60 bits per heavy atom. The molecule has 120 valence electrons. The van der Waals surface area contributed by atoms with Crippen molar-refractivity contribution < 1.29 is 0 Å². The van der Waals surface area contributed by atoms with E-state index in [2.05, 4.69) is 20.3 Å². The molecule has 0 aliphatic heterocycles. The van der Waals surface area contributed by atoms with Crippen molar-refractivity contribution in [1.82, 2.24) is 24.3 Å². The Kier molecular flexibility index (Phi) is 3.05. The van der Waals surface area contributed by atoms with E-state index in [4.69, 9.17) is 16.6 Å². The first-order chi connectivity index (χ1) is 12.3. The van der Waals surface area contributed by atoms with E-state index in [0.29, 0.717) is 5.02 Å². The zero-order valence-electron chi connectivity index (χ0n) is 12.9. The average Bonchev–Trinajstić information content (AvgIpc) is 3.03. The lowest BCUT2D eigenvalue weighted by molar-refractivity contribution is 1.13. The number of nitrogens with zero attached hydrogens (tertiary/aromatic N) is 5. The Bertz CT molecular complexity index is 1230. The molecular formula is C18H11ClN6. The highest BCUT2D eigenvalue weighted by Crippen LogP contribution is 2.30. The number of fused-ring (bicyclic) bond motifs is 5. The molecule has 7 heteroatoms. The molecule has 0 atom stereocenters. The number of aromatic nitrogens is 5. The Hall–Kier alpha value is -3.25. The lowest BCUT2D eigenvalue weighted by Gasteiger charge is -2.09. The summed E-state index contributed by atoms with van der Waals surface area (Å²) < 4.78 is 1.93. The average molecular weight is 347 g/mol. The van der Waals surface area contributed by atoms with Crippen LogP contribution in [0, 0.1) is 0 Å². The molecule has 5 aromatic rings. The number of hydrogen-bond donors (Lipinski definition) is 1. The quantitative estimate of drug-likeness (QED) is 0.518. The number of pyridine rings is 2. The van der Waals surface area contributed by atoms with Gasteiger partial charge in [0.1, 0.15) is 11.3 Å². The van der Waals surface area contributed by atoms with E-state index in [9.17, 15) is 0 Å². The second-order valence-corrected chi connectivity index (χ2v) is 6.04. The van der Waals surface area contributed by atoms with E-state index in [0.717, 1.165) is 39.1 Å². The van der Waals surface area contributed by atoms with Gasteiger partial charge in [-0.2, -0.15) is 0 Å². The lowest BCUT2D eigenvalue weighted by Crippen LogP contribution is -1.97. The van der Waals surface area contributed by atoms with Crippen LogP contribution < -0.4 is 5.32 Å². The minimum absolute atomic E-state index is 0.690. The maximum Gasteiger partial charge on any atom is 0.167 e. The first-order valence-corrected chi connectivity index (χ1v) is 8.05. The van der Waals surface area contributed by atoms with Crippen molar-refractivity contribution in [3.63, 3.8) is 0 Å². The number of rotatable bonds is 2. The van der Waals surface area contributed by atoms with E-state index in [1.807, 2.05) is 40.9 Å². The van der Waals surface area contributed by atoms with Crippen LogP contribution in [-0.4, -0.2) is 24.3 Å². The van der Waals surface area contributed by atoms with Gasteiger partial charge in [-0.25, -0.2) is 9.97 Å². The molecule has 0 saturated heterocycles. The zero-order chi connectivity index (χ0) is 16.8. The fourth-order valence-electron chi connectivity index (χ4n) is 2.90. The number of hydrogen-bond acceptors (Lipinski definition) is 5. The Labute approximate surface area is 147 Å². The molecule has 0 bridgehead atoms. The van der Waals surface area contributed by atoms with Gasteiger partial charge < -0.3 is 5.32 Å². The molecule has 0 saturated carbocycles. The molecule has 4 aromatic heterocycles. The Morgan fingerprint density at radius 2 is 1.72 bits per heavy atom. The number of nitrogens with one attached hydrogen (secondary N) is 1.